The molecular weight excluding hydrogens is 208 g/mol. The Hall–Kier alpha value is -1.78. The molecular formula is C12H12O4. The highest BCUT2D eigenvalue weighted by atomic mass is 16.5. The Morgan fingerprint density at radius 1 is 1.12 bits per heavy atom. The van der Waals surface area contributed by atoms with Crippen LogP contribution in [0.15, 0.2) is 54.0 Å². The minimum atomic E-state index is -1.96. The van der Waals surface area contributed by atoms with Gasteiger partial charge >= 0.3 is 0 Å². The summed E-state index contributed by atoms with van der Waals surface area (Å²) in [5.74, 6) is -1.38. The largest absolute Gasteiger partial charge is 0.504 e. The summed E-state index contributed by atoms with van der Waals surface area (Å²) in [5, 5.41) is 28.3. The molecule has 1 aromatic rings. The van der Waals surface area contributed by atoms with Gasteiger partial charge in [-0.1, -0.05) is 18.2 Å². The van der Waals surface area contributed by atoms with E-state index >= 15 is 0 Å². The average Bonchev–Trinajstić information content (AvgIpc) is 2.25. The Morgan fingerprint density at radius 2 is 1.81 bits per heavy atom. The highest BCUT2D eigenvalue weighted by molar-refractivity contribution is 5.29. The molecule has 16 heavy (non-hydrogen) atoms. The topological polar surface area (TPSA) is 69.9 Å². The molecule has 0 bridgehead atoms. The van der Waals surface area contributed by atoms with Crippen LogP contribution in [0.25, 0.3) is 0 Å². The smallest absolute Gasteiger partial charge is 0.190 e. The molecule has 1 aliphatic rings. The molecule has 4 heteroatoms. The van der Waals surface area contributed by atoms with E-state index in [0.29, 0.717) is 5.75 Å². The first-order chi connectivity index (χ1) is 7.57. The fraction of sp³-hybridized carbons (Fsp3) is 0.167. The molecule has 0 atom stereocenters. The number of hydrogen-bond donors (Lipinski definition) is 3. The second kappa shape index (κ2) is 4.00. The van der Waals surface area contributed by atoms with Crippen molar-refractivity contribution < 1.29 is 20.1 Å². The van der Waals surface area contributed by atoms with Crippen molar-refractivity contribution in [1.82, 2.24) is 0 Å². The van der Waals surface area contributed by atoms with Gasteiger partial charge in [0.15, 0.2) is 17.3 Å². The molecule has 0 spiro atoms. The third-order valence-electron chi connectivity index (χ3n) is 2.20. The van der Waals surface area contributed by atoms with Gasteiger partial charge in [-0.25, -0.2) is 0 Å². The van der Waals surface area contributed by atoms with Crippen molar-refractivity contribution in [2.24, 2.45) is 0 Å². The first-order valence-electron chi connectivity index (χ1n) is 4.86. The van der Waals surface area contributed by atoms with E-state index in [9.17, 15) is 15.3 Å². The SMILES string of the molecule is OC1=C(Oc2ccccc2)CC(O)(O)C=C1. The molecule has 0 heterocycles. The summed E-state index contributed by atoms with van der Waals surface area (Å²) in [6.45, 7) is 0. The number of para-hydroxylation sites is 1. The zero-order valence-electron chi connectivity index (χ0n) is 8.50. The zero-order valence-corrected chi connectivity index (χ0v) is 8.50. The third kappa shape index (κ3) is 2.42. The van der Waals surface area contributed by atoms with Gasteiger partial charge in [-0.3, -0.25) is 0 Å². The molecule has 0 aliphatic heterocycles. The van der Waals surface area contributed by atoms with Gasteiger partial charge < -0.3 is 20.1 Å². The van der Waals surface area contributed by atoms with Crippen molar-refractivity contribution in [3.05, 3.63) is 54.0 Å². The van der Waals surface area contributed by atoms with E-state index in [-0.39, 0.29) is 17.9 Å². The second-order valence-electron chi connectivity index (χ2n) is 3.61. The van der Waals surface area contributed by atoms with Gasteiger partial charge in [0.05, 0.1) is 6.42 Å². The van der Waals surface area contributed by atoms with Crippen LogP contribution >= 0.6 is 0 Å². The van der Waals surface area contributed by atoms with Gasteiger partial charge in [-0.05, 0) is 24.3 Å². The predicted octanol–water partition coefficient (Wildman–Crippen LogP) is 1.48. The summed E-state index contributed by atoms with van der Waals surface area (Å²) in [4.78, 5) is 0. The van der Waals surface area contributed by atoms with E-state index in [4.69, 9.17) is 4.74 Å². The third-order valence-corrected chi connectivity index (χ3v) is 2.20. The predicted molar refractivity (Wildman–Crippen MR) is 57.7 cm³/mol. The number of ether oxygens (including phenoxy) is 1. The second-order valence-corrected chi connectivity index (χ2v) is 3.61. The van der Waals surface area contributed by atoms with Crippen LogP contribution in [0.1, 0.15) is 6.42 Å². The summed E-state index contributed by atoms with van der Waals surface area (Å²) in [7, 11) is 0. The minimum Gasteiger partial charge on any atom is -0.504 e. The van der Waals surface area contributed by atoms with Crippen LogP contribution in [-0.4, -0.2) is 21.1 Å². The molecule has 3 N–H and O–H groups in total. The molecule has 0 unspecified atom stereocenters. The molecule has 0 amide bonds. The lowest BCUT2D eigenvalue weighted by molar-refractivity contribution is -0.122. The maximum atomic E-state index is 9.51. The van der Waals surface area contributed by atoms with E-state index in [1.54, 1.807) is 24.3 Å². The molecule has 0 aromatic heterocycles. The Balaban J connectivity index is 2.19. The lowest BCUT2D eigenvalue weighted by Crippen LogP contribution is -2.29. The quantitative estimate of drug-likeness (QED) is 0.660. The minimum absolute atomic E-state index is 0.0948. The van der Waals surface area contributed by atoms with E-state index in [1.807, 2.05) is 6.07 Å². The van der Waals surface area contributed by atoms with Gasteiger partial charge in [0, 0.05) is 0 Å². The fourth-order valence-electron chi connectivity index (χ4n) is 1.41. The van der Waals surface area contributed by atoms with E-state index in [0.717, 1.165) is 6.08 Å². The summed E-state index contributed by atoms with van der Waals surface area (Å²) in [6.07, 6.45) is 2.15. The van der Waals surface area contributed by atoms with Gasteiger partial charge in [0.25, 0.3) is 0 Å². The first-order valence-corrected chi connectivity index (χ1v) is 4.86. The summed E-state index contributed by atoms with van der Waals surface area (Å²) in [5.41, 5.74) is 0. The number of allylic oxidation sites excluding steroid dienone is 1. The lowest BCUT2D eigenvalue weighted by atomic mass is 10.1. The van der Waals surface area contributed by atoms with Gasteiger partial charge in [-0.15, -0.1) is 0 Å². The molecule has 84 valence electrons. The Bertz CT molecular complexity index is 432. The Kier molecular flexibility index (Phi) is 2.68. The Morgan fingerprint density at radius 3 is 2.50 bits per heavy atom. The summed E-state index contributed by atoms with van der Waals surface area (Å²) >= 11 is 0. The molecule has 1 aromatic carbocycles. The number of aliphatic hydroxyl groups is 3. The van der Waals surface area contributed by atoms with Gasteiger partial charge in [0.1, 0.15) is 5.75 Å². The Labute approximate surface area is 92.7 Å². The van der Waals surface area contributed by atoms with Crippen LogP contribution in [0.5, 0.6) is 5.75 Å². The average molecular weight is 220 g/mol. The molecule has 0 radical (unpaired) electrons. The van der Waals surface area contributed by atoms with Crippen molar-refractivity contribution in [3.63, 3.8) is 0 Å². The fourth-order valence-corrected chi connectivity index (χ4v) is 1.41. The highest BCUT2D eigenvalue weighted by Gasteiger charge is 2.28. The van der Waals surface area contributed by atoms with Crippen LogP contribution in [0.2, 0.25) is 0 Å². The monoisotopic (exact) mass is 220 g/mol. The van der Waals surface area contributed by atoms with Crippen LogP contribution in [0.3, 0.4) is 0 Å². The molecule has 4 nitrogen and oxygen atoms in total. The van der Waals surface area contributed by atoms with Crippen molar-refractivity contribution in [3.8, 4) is 5.75 Å². The van der Waals surface area contributed by atoms with E-state index in [1.165, 1.54) is 6.08 Å². The van der Waals surface area contributed by atoms with Crippen molar-refractivity contribution in [2.45, 2.75) is 12.2 Å². The summed E-state index contributed by atoms with van der Waals surface area (Å²) in [6, 6.07) is 8.85. The van der Waals surface area contributed by atoms with Crippen molar-refractivity contribution >= 4 is 0 Å². The van der Waals surface area contributed by atoms with Crippen molar-refractivity contribution in [1.29, 1.82) is 0 Å². The highest BCUT2D eigenvalue weighted by Crippen LogP contribution is 2.26. The van der Waals surface area contributed by atoms with Gasteiger partial charge in [0.2, 0.25) is 0 Å². The maximum absolute atomic E-state index is 9.51. The number of benzene rings is 1. The first kappa shape index (κ1) is 10.7. The summed E-state index contributed by atoms with van der Waals surface area (Å²) < 4.78 is 5.36. The molecule has 0 fully saturated rings. The van der Waals surface area contributed by atoms with Gasteiger partial charge in [-0.2, -0.15) is 0 Å². The van der Waals surface area contributed by atoms with E-state index < -0.39 is 5.79 Å². The zero-order chi connectivity index (χ0) is 11.6. The van der Waals surface area contributed by atoms with Crippen LogP contribution in [-0.2, 0) is 0 Å². The van der Waals surface area contributed by atoms with E-state index in [2.05, 4.69) is 0 Å². The normalized spacial score (nSPS) is 18.6. The molecule has 0 saturated heterocycles. The number of hydrogen-bond acceptors (Lipinski definition) is 4. The van der Waals surface area contributed by atoms with Crippen LogP contribution in [0.4, 0.5) is 0 Å². The molecule has 0 saturated carbocycles. The number of rotatable bonds is 2. The maximum Gasteiger partial charge on any atom is 0.190 e. The van der Waals surface area contributed by atoms with Crippen LogP contribution in [0, 0.1) is 0 Å². The number of aliphatic hydroxyl groups excluding tert-OH is 1. The molecule has 2 rings (SSSR count). The van der Waals surface area contributed by atoms with Crippen molar-refractivity contribution in [2.75, 3.05) is 0 Å². The molecule has 1 aliphatic carbocycles. The van der Waals surface area contributed by atoms with Crippen LogP contribution < -0.4 is 4.74 Å². The lowest BCUT2D eigenvalue weighted by Gasteiger charge is -2.23. The standard InChI is InChI=1S/C12H12O4/c13-10-6-7-12(14,15)8-11(10)16-9-4-2-1-3-5-9/h1-7,13-15H,8H2.